The topological polar surface area (TPSA) is 153 Å². The molecule has 0 spiro atoms. The van der Waals surface area contributed by atoms with Crippen LogP contribution in [0.25, 0.3) is 0 Å². The summed E-state index contributed by atoms with van der Waals surface area (Å²) in [6.45, 7) is 6.96. The van der Waals surface area contributed by atoms with E-state index in [2.05, 4.69) is 121 Å². The highest BCUT2D eigenvalue weighted by molar-refractivity contribution is 5.58. The highest BCUT2D eigenvalue weighted by atomic mass is 35.5. The number of aromatic nitrogens is 1. The molecular weight excluding hydrogens is 842 g/mol. The molecule has 3 aromatic carbocycles. The Morgan fingerprint density at radius 2 is 0.641 bits per heavy atom. The number of nitrogens with zero attached hydrogens (tertiary/aromatic N) is 5. The molecule has 0 saturated carbocycles. The monoisotopic (exact) mass is 913 g/mol. The predicted molar refractivity (Wildman–Crippen MR) is 248 cm³/mol. The van der Waals surface area contributed by atoms with Gasteiger partial charge in [-0.15, -0.1) is 0 Å². The molecule has 0 atom stereocenters. The normalized spacial score (nSPS) is 11.4. The summed E-state index contributed by atoms with van der Waals surface area (Å²) >= 11 is 0. The zero-order valence-electron chi connectivity index (χ0n) is 38.2. The third kappa shape index (κ3) is 16.7. The summed E-state index contributed by atoms with van der Waals surface area (Å²) in [5, 5.41) is 36.7. The van der Waals surface area contributed by atoms with Gasteiger partial charge in [0.25, 0.3) is 0 Å². The summed E-state index contributed by atoms with van der Waals surface area (Å²) in [5.41, 5.74) is 6.56. The van der Waals surface area contributed by atoms with Gasteiger partial charge in [-0.05, 0) is 72.8 Å². The molecule has 4 aromatic rings. The van der Waals surface area contributed by atoms with E-state index in [0.717, 1.165) is 39.4 Å². The number of benzene rings is 3. The van der Waals surface area contributed by atoms with Gasteiger partial charge < -0.3 is 80.9 Å². The predicted octanol–water partition coefficient (Wildman–Crippen LogP) is -0.368. The molecule has 15 nitrogen and oxygen atoms in total. The van der Waals surface area contributed by atoms with Crippen LogP contribution in [0.2, 0.25) is 0 Å². The smallest absolute Gasteiger partial charge is 0.243 e. The third-order valence-corrected chi connectivity index (χ3v) is 10.5. The molecule has 4 rings (SSSR count). The van der Waals surface area contributed by atoms with Crippen molar-refractivity contribution in [3.05, 3.63) is 114 Å². The molecule has 0 bridgehead atoms. The average molecular weight is 915 g/mol. The lowest BCUT2D eigenvalue weighted by atomic mass is 9.76. The molecule has 0 fully saturated rings. The van der Waals surface area contributed by atoms with Crippen molar-refractivity contribution in [1.82, 2.24) is 0 Å². The second-order valence-electron chi connectivity index (χ2n) is 15.1. The quantitative estimate of drug-likeness (QED) is 0.0274. The Morgan fingerprint density at radius 1 is 0.375 bits per heavy atom. The third-order valence-electron chi connectivity index (χ3n) is 10.5. The van der Waals surface area contributed by atoms with Crippen molar-refractivity contribution >= 4 is 22.7 Å². The Hall–Kier alpha value is -4.10. The molecule has 0 unspecified atom stereocenters. The van der Waals surface area contributed by atoms with Crippen LogP contribution in [0.3, 0.4) is 0 Å². The van der Waals surface area contributed by atoms with Crippen LogP contribution in [0.15, 0.2) is 97.3 Å². The van der Waals surface area contributed by atoms with Gasteiger partial charge in [0.15, 0.2) is 12.4 Å². The van der Waals surface area contributed by atoms with Crippen molar-refractivity contribution in [2.45, 2.75) is 5.54 Å². The second kappa shape index (κ2) is 30.9. The fourth-order valence-electron chi connectivity index (χ4n) is 7.26. The van der Waals surface area contributed by atoms with Gasteiger partial charge in [0.1, 0.15) is 0 Å². The number of anilines is 4. The summed E-state index contributed by atoms with van der Waals surface area (Å²) in [6.07, 6.45) is 4.30. The summed E-state index contributed by atoms with van der Waals surface area (Å²) in [6, 6.07) is 30.4. The van der Waals surface area contributed by atoms with Gasteiger partial charge in [0.05, 0.1) is 106 Å². The van der Waals surface area contributed by atoms with Crippen molar-refractivity contribution in [2.75, 3.05) is 180 Å². The summed E-state index contributed by atoms with van der Waals surface area (Å²) in [4.78, 5) is 8.64. The maximum atomic E-state index is 9.33. The molecule has 1 aromatic heterocycles. The number of rotatable bonds is 34. The van der Waals surface area contributed by atoms with E-state index in [0.29, 0.717) is 79.0 Å². The minimum absolute atomic E-state index is 0. The molecule has 16 heteroatoms. The maximum Gasteiger partial charge on any atom is 0.243 e. The zero-order chi connectivity index (χ0) is 45.1. The molecule has 0 radical (unpaired) electrons. The number of ether oxygens (including phenoxy) is 6. The van der Waals surface area contributed by atoms with Gasteiger partial charge in [-0.3, -0.25) is 0 Å². The standard InChI is InChI=1S/C48H72N5O10.ClH/c1-49(2)44-11-5-41(6-12-44)48(53-19-17-45(18-20-53)50(3)4,42-7-13-46(14-8-42)51(21-29-58-33-25-54)23-31-60-37-39-62-35-27-56)43-9-15-47(16-10-43)52(22-30-59-34-26-55)24-32-61-38-40-63-36-28-57;/h5-20,54-57H,21-40H2,1-4H3;1H/q+1;/p-1. The first-order chi connectivity index (χ1) is 30.8. The lowest BCUT2D eigenvalue weighted by molar-refractivity contribution is -0.734. The number of hydrogen-bond acceptors (Lipinski definition) is 14. The van der Waals surface area contributed by atoms with Crippen LogP contribution in [0.4, 0.5) is 22.7 Å². The van der Waals surface area contributed by atoms with E-state index in [1.165, 1.54) is 0 Å². The Kier molecular flexibility index (Phi) is 26.2. The molecule has 0 aliphatic heterocycles. The van der Waals surface area contributed by atoms with Gasteiger partial charge in [-0.1, -0.05) is 0 Å². The van der Waals surface area contributed by atoms with Crippen LogP contribution in [0, 0.1) is 0 Å². The minimum Gasteiger partial charge on any atom is -1.00 e. The Balaban J connectivity index is 0.0000109. The SMILES string of the molecule is CN(C)c1ccc(C(c2ccc(N(CCOCCO)CCOCCOCCO)cc2)(c2ccc(N(CCOCCO)CCOCCOCCO)cc2)[n+]2ccc(N(C)C)cc2)cc1.[Cl-]. The van der Waals surface area contributed by atoms with E-state index in [4.69, 9.17) is 38.6 Å². The molecule has 64 heavy (non-hydrogen) atoms. The molecule has 0 aliphatic rings. The van der Waals surface area contributed by atoms with Crippen LogP contribution in [0.5, 0.6) is 0 Å². The second-order valence-corrected chi connectivity index (χ2v) is 15.1. The molecular formula is C48H72ClN5O10. The van der Waals surface area contributed by atoms with Crippen LogP contribution < -0.4 is 36.6 Å². The van der Waals surface area contributed by atoms with Gasteiger partial charge in [0, 0.05) is 106 Å². The molecule has 356 valence electrons. The minimum atomic E-state index is -0.813. The lowest BCUT2D eigenvalue weighted by Gasteiger charge is -2.32. The fraction of sp³-hybridized carbons (Fsp3) is 0.521. The highest BCUT2D eigenvalue weighted by Crippen LogP contribution is 2.39. The molecule has 0 amide bonds. The van der Waals surface area contributed by atoms with Gasteiger partial charge >= 0.3 is 0 Å². The van der Waals surface area contributed by atoms with Gasteiger partial charge in [0.2, 0.25) is 5.54 Å². The summed E-state index contributed by atoms with van der Waals surface area (Å²) in [7, 11) is 8.17. The Bertz CT molecular complexity index is 1640. The molecule has 1 heterocycles. The van der Waals surface area contributed by atoms with E-state index in [-0.39, 0.29) is 65.3 Å². The van der Waals surface area contributed by atoms with Crippen LogP contribution in [-0.4, -0.2) is 181 Å². The van der Waals surface area contributed by atoms with Crippen LogP contribution in [0.1, 0.15) is 16.7 Å². The lowest BCUT2D eigenvalue weighted by Crippen LogP contribution is -3.00. The van der Waals surface area contributed by atoms with Crippen molar-refractivity contribution in [2.24, 2.45) is 0 Å². The number of pyridine rings is 1. The number of hydrogen-bond donors (Lipinski definition) is 4. The molecule has 0 saturated heterocycles. The first-order valence-corrected chi connectivity index (χ1v) is 21.9. The van der Waals surface area contributed by atoms with E-state index >= 15 is 0 Å². The summed E-state index contributed by atoms with van der Waals surface area (Å²) in [5.74, 6) is 0. The maximum absolute atomic E-state index is 9.33. The van der Waals surface area contributed by atoms with Gasteiger partial charge in [-0.2, -0.15) is 4.57 Å². The average Bonchev–Trinajstić information content (AvgIpc) is 3.31. The first kappa shape index (κ1) is 54.2. The van der Waals surface area contributed by atoms with Crippen molar-refractivity contribution in [1.29, 1.82) is 0 Å². The van der Waals surface area contributed by atoms with Crippen molar-refractivity contribution in [3.63, 3.8) is 0 Å². The van der Waals surface area contributed by atoms with Crippen LogP contribution in [-0.2, 0) is 34.0 Å². The first-order valence-electron chi connectivity index (χ1n) is 21.9. The van der Waals surface area contributed by atoms with Crippen LogP contribution >= 0.6 is 0 Å². The number of halogens is 1. The molecule has 4 N–H and O–H groups in total. The van der Waals surface area contributed by atoms with E-state index in [1.54, 1.807) is 0 Å². The van der Waals surface area contributed by atoms with E-state index < -0.39 is 5.54 Å². The van der Waals surface area contributed by atoms with Gasteiger partial charge in [-0.25, -0.2) is 0 Å². The van der Waals surface area contributed by atoms with Crippen molar-refractivity contribution in [3.8, 4) is 0 Å². The fourth-order valence-corrected chi connectivity index (χ4v) is 7.26. The number of aliphatic hydroxyl groups is 4. The largest absolute Gasteiger partial charge is 1.00 e. The summed E-state index contributed by atoms with van der Waals surface area (Å²) < 4.78 is 36.2. The van der Waals surface area contributed by atoms with Crippen molar-refractivity contribution < 1.29 is 65.8 Å². The zero-order valence-corrected chi connectivity index (χ0v) is 39.0. The highest BCUT2D eigenvalue weighted by Gasteiger charge is 2.46. The van der Waals surface area contributed by atoms with E-state index in [1.807, 2.05) is 28.2 Å². The molecule has 0 aliphatic carbocycles. The van der Waals surface area contributed by atoms with E-state index in [9.17, 15) is 10.2 Å². The Morgan fingerprint density at radius 3 is 0.938 bits per heavy atom. The number of aliphatic hydroxyl groups excluding tert-OH is 4. The Labute approximate surface area is 386 Å².